The van der Waals surface area contributed by atoms with Crippen molar-refractivity contribution >= 4 is 0 Å². The second-order valence-corrected chi connectivity index (χ2v) is 9.52. The summed E-state index contributed by atoms with van der Waals surface area (Å²) in [6.07, 6.45) is 4.24. The zero-order valence-electron chi connectivity index (χ0n) is 14.4. The van der Waals surface area contributed by atoms with Crippen LogP contribution in [0.3, 0.4) is 0 Å². The molecular weight excluding hydrogens is 292 g/mol. The summed E-state index contributed by atoms with van der Waals surface area (Å²) < 4.78 is 0. The summed E-state index contributed by atoms with van der Waals surface area (Å²) in [4.78, 5) is 0. The van der Waals surface area contributed by atoms with Crippen LogP contribution in [0.1, 0.15) is 58.8 Å². The zero-order chi connectivity index (χ0) is 16.6. The number of rotatable bonds is 0. The van der Waals surface area contributed by atoms with E-state index in [0.29, 0.717) is 18.3 Å². The van der Waals surface area contributed by atoms with Gasteiger partial charge < -0.3 is 20.4 Å². The standard InChI is InChI=1S/C19H32O4/c1-18-5-3-11(20)7-10(18)8-14(21)16-12(18)4-6-19(2)13(16)9-15(22)17(19)23/h10-17,20-23H,3-9H2,1-2H3/t10-,11?,12+,13+,14?,15?,16-,17?,18+,19+/m1/s1. The summed E-state index contributed by atoms with van der Waals surface area (Å²) in [5.74, 6) is 1.27. The summed E-state index contributed by atoms with van der Waals surface area (Å²) in [6, 6.07) is 0. The summed E-state index contributed by atoms with van der Waals surface area (Å²) in [7, 11) is 0. The molecule has 4 heteroatoms. The molecule has 4 aliphatic rings. The predicted octanol–water partition coefficient (Wildman–Crippen LogP) is 1.69. The van der Waals surface area contributed by atoms with E-state index in [-0.39, 0.29) is 34.9 Å². The van der Waals surface area contributed by atoms with Gasteiger partial charge in [0.2, 0.25) is 0 Å². The Kier molecular flexibility index (Phi) is 3.67. The van der Waals surface area contributed by atoms with Gasteiger partial charge in [0, 0.05) is 0 Å². The summed E-state index contributed by atoms with van der Waals surface area (Å²) >= 11 is 0. The monoisotopic (exact) mass is 324 g/mol. The van der Waals surface area contributed by atoms with Gasteiger partial charge in [-0.2, -0.15) is 0 Å². The second-order valence-electron chi connectivity index (χ2n) is 9.52. The molecule has 0 aliphatic heterocycles. The van der Waals surface area contributed by atoms with Gasteiger partial charge >= 0.3 is 0 Å². The first-order chi connectivity index (χ1) is 10.8. The van der Waals surface area contributed by atoms with E-state index < -0.39 is 12.2 Å². The third kappa shape index (κ3) is 2.11. The number of hydrogen-bond acceptors (Lipinski definition) is 4. The molecule has 4 unspecified atom stereocenters. The minimum Gasteiger partial charge on any atom is -0.393 e. The van der Waals surface area contributed by atoms with Crippen molar-refractivity contribution in [2.75, 3.05) is 0 Å². The minimum atomic E-state index is -0.653. The summed E-state index contributed by atoms with van der Waals surface area (Å²) in [5, 5.41) is 41.7. The minimum absolute atomic E-state index is 0.192. The van der Waals surface area contributed by atoms with Gasteiger partial charge in [-0.15, -0.1) is 0 Å². The first-order valence-electron chi connectivity index (χ1n) is 9.49. The molecular formula is C19H32O4. The fourth-order valence-corrected chi connectivity index (χ4v) is 7.19. The first kappa shape index (κ1) is 16.3. The van der Waals surface area contributed by atoms with Crippen molar-refractivity contribution in [2.45, 2.75) is 83.2 Å². The highest BCUT2D eigenvalue weighted by Crippen LogP contribution is 2.66. The highest BCUT2D eigenvalue weighted by molar-refractivity contribution is 5.13. The molecule has 0 heterocycles. The largest absolute Gasteiger partial charge is 0.393 e. The Bertz CT molecular complexity index is 482. The van der Waals surface area contributed by atoms with Crippen molar-refractivity contribution in [2.24, 2.45) is 34.5 Å². The lowest BCUT2D eigenvalue weighted by atomic mass is 9.44. The molecule has 0 aromatic carbocycles. The van der Waals surface area contributed by atoms with Crippen molar-refractivity contribution in [1.82, 2.24) is 0 Å². The predicted molar refractivity (Wildman–Crippen MR) is 86.5 cm³/mol. The molecule has 0 amide bonds. The van der Waals surface area contributed by atoms with Crippen molar-refractivity contribution < 1.29 is 20.4 Å². The number of hydrogen-bond donors (Lipinski definition) is 4. The molecule has 4 rings (SSSR count). The molecule has 4 saturated carbocycles. The quantitative estimate of drug-likeness (QED) is 0.547. The molecule has 0 aromatic heterocycles. The van der Waals surface area contributed by atoms with Gasteiger partial charge in [-0.05, 0) is 79.4 Å². The van der Waals surface area contributed by atoms with E-state index in [0.717, 1.165) is 38.5 Å². The lowest BCUT2D eigenvalue weighted by molar-refractivity contribution is -0.177. The third-order valence-corrected chi connectivity index (χ3v) is 8.63. The maximum atomic E-state index is 10.9. The zero-order valence-corrected chi connectivity index (χ0v) is 14.4. The van der Waals surface area contributed by atoms with Gasteiger partial charge in [0.15, 0.2) is 0 Å². The van der Waals surface area contributed by atoms with Gasteiger partial charge in [-0.1, -0.05) is 13.8 Å². The average molecular weight is 324 g/mol. The number of aliphatic hydroxyl groups excluding tert-OH is 4. The van der Waals surface area contributed by atoms with Crippen LogP contribution in [0, 0.1) is 34.5 Å². The van der Waals surface area contributed by atoms with Crippen LogP contribution in [0.5, 0.6) is 0 Å². The summed E-state index contributed by atoms with van der Waals surface area (Å²) in [6.45, 7) is 4.48. The molecule has 4 fully saturated rings. The average Bonchev–Trinajstić information content (AvgIpc) is 2.73. The number of fused-ring (bicyclic) bond motifs is 5. The lowest BCUT2D eigenvalue weighted by Crippen LogP contribution is -2.58. The van der Waals surface area contributed by atoms with Gasteiger partial charge in [-0.3, -0.25) is 0 Å². The molecule has 132 valence electrons. The van der Waals surface area contributed by atoms with Crippen molar-refractivity contribution in [3.05, 3.63) is 0 Å². The molecule has 0 spiro atoms. The lowest BCUT2D eigenvalue weighted by Gasteiger charge is -2.61. The van der Waals surface area contributed by atoms with Crippen LogP contribution in [0.25, 0.3) is 0 Å². The highest BCUT2D eigenvalue weighted by Gasteiger charge is 2.64. The Morgan fingerprint density at radius 2 is 1.43 bits per heavy atom. The molecule has 10 atom stereocenters. The number of aliphatic hydroxyl groups is 4. The maximum Gasteiger partial charge on any atom is 0.0855 e. The van der Waals surface area contributed by atoms with Crippen LogP contribution in [0.4, 0.5) is 0 Å². The normalized spacial score (nSPS) is 62.3. The molecule has 4 aliphatic carbocycles. The van der Waals surface area contributed by atoms with E-state index in [1.165, 1.54) is 0 Å². The second kappa shape index (κ2) is 5.17. The van der Waals surface area contributed by atoms with Crippen LogP contribution in [-0.2, 0) is 0 Å². The topological polar surface area (TPSA) is 80.9 Å². The molecule has 0 radical (unpaired) electrons. The van der Waals surface area contributed by atoms with Gasteiger partial charge in [-0.25, -0.2) is 0 Å². The maximum absolute atomic E-state index is 10.9. The van der Waals surface area contributed by atoms with Gasteiger partial charge in [0.25, 0.3) is 0 Å². The van der Waals surface area contributed by atoms with Crippen LogP contribution >= 0.6 is 0 Å². The molecule has 0 aromatic rings. The Balaban J connectivity index is 1.68. The summed E-state index contributed by atoms with van der Waals surface area (Å²) in [5.41, 5.74) is -0.0537. The molecule has 23 heavy (non-hydrogen) atoms. The molecule has 0 saturated heterocycles. The Morgan fingerprint density at radius 3 is 2.17 bits per heavy atom. The molecule has 4 N–H and O–H groups in total. The Hall–Kier alpha value is -0.160. The highest BCUT2D eigenvalue weighted by atomic mass is 16.3. The smallest absolute Gasteiger partial charge is 0.0855 e. The van der Waals surface area contributed by atoms with Crippen LogP contribution in [0.15, 0.2) is 0 Å². The fraction of sp³-hybridized carbons (Fsp3) is 1.00. The SMILES string of the molecule is C[C@]12CCC(O)C[C@@H]1CC(O)[C@@H]1[C@@H]2CC[C@]2(C)C(O)C(O)C[C@@H]12. The van der Waals surface area contributed by atoms with Crippen LogP contribution in [0.2, 0.25) is 0 Å². The van der Waals surface area contributed by atoms with Gasteiger partial charge in [0.1, 0.15) is 0 Å². The first-order valence-corrected chi connectivity index (χ1v) is 9.49. The van der Waals surface area contributed by atoms with Crippen LogP contribution < -0.4 is 0 Å². The van der Waals surface area contributed by atoms with E-state index in [1.54, 1.807) is 0 Å². The van der Waals surface area contributed by atoms with E-state index in [4.69, 9.17) is 0 Å². The third-order valence-electron chi connectivity index (χ3n) is 8.63. The van der Waals surface area contributed by atoms with E-state index >= 15 is 0 Å². The van der Waals surface area contributed by atoms with Gasteiger partial charge in [0.05, 0.1) is 24.4 Å². The van der Waals surface area contributed by atoms with E-state index in [1.807, 2.05) is 0 Å². The Morgan fingerprint density at radius 1 is 0.739 bits per heavy atom. The van der Waals surface area contributed by atoms with Crippen molar-refractivity contribution in [3.63, 3.8) is 0 Å². The van der Waals surface area contributed by atoms with Crippen LogP contribution in [-0.4, -0.2) is 44.8 Å². The fourth-order valence-electron chi connectivity index (χ4n) is 7.19. The molecule has 4 nitrogen and oxygen atoms in total. The molecule has 0 bridgehead atoms. The van der Waals surface area contributed by atoms with E-state index in [9.17, 15) is 20.4 Å². The van der Waals surface area contributed by atoms with E-state index in [2.05, 4.69) is 13.8 Å². The van der Waals surface area contributed by atoms with Crippen molar-refractivity contribution in [1.29, 1.82) is 0 Å². The Labute approximate surface area is 138 Å². The van der Waals surface area contributed by atoms with Crippen molar-refractivity contribution in [3.8, 4) is 0 Å².